The number of para-hydroxylation sites is 1. The van der Waals surface area contributed by atoms with E-state index >= 15 is 0 Å². The van der Waals surface area contributed by atoms with Gasteiger partial charge in [0.1, 0.15) is 6.54 Å². The van der Waals surface area contributed by atoms with Gasteiger partial charge in [-0.3, -0.25) is 29.4 Å². The predicted molar refractivity (Wildman–Crippen MR) is 134 cm³/mol. The molecule has 0 bridgehead atoms. The SMILES string of the molecule is Cc1ccc(NC(=O)CN2C(=O)S/C(=C/c3cccn3Cc3ccccc3[N+](=O)[O-])C2=O)cc1Cl. The maximum absolute atomic E-state index is 12.9. The van der Waals surface area contributed by atoms with E-state index in [2.05, 4.69) is 5.32 Å². The topological polar surface area (TPSA) is 115 Å². The number of carbonyl (C=O) groups is 3. The van der Waals surface area contributed by atoms with E-state index in [0.717, 1.165) is 22.2 Å². The molecule has 178 valence electrons. The maximum atomic E-state index is 12.9. The van der Waals surface area contributed by atoms with Crippen LogP contribution in [0.5, 0.6) is 0 Å². The molecule has 0 atom stereocenters. The van der Waals surface area contributed by atoms with Crippen LogP contribution in [0.3, 0.4) is 0 Å². The minimum Gasteiger partial charge on any atom is -0.343 e. The molecule has 2 heterocycles. The quantitative estimate of drug-likeness (QED) is 0.269. The van der Waals surface area contributed by atoms with Crippen LogP contribution in [-0.4, -0.2) is 38.0 Å². The van der Waals surface area contributed by atoms with Crippen LogP contribution in [0.25, 0.3) is 6.08 Å². The molecule has 9 nitrogen and oxygen atoms in total. The summed E-state index contributed by atoms with van der Waals surface area (Å²) >= 11 is 6.80. The van der Waals surface area contributed by atoms with E-state index in [1.807, 2.05) is 6.92 Å². The van der Waals surface area contributed by atoms with Gasteiger partial charge < -0.3 is 9.88 Å². The first-order valence-electron chi connectivity index (χ1n) is 10.4. The van der Waals surface area contributed by atoms with Crippen molar-refractivity contribution in [3.05, 3.63) is 97.7 Å². The molecule has 2 aromatic carbocycles. The third-order valence-corrected chi connectivity index (χ3v) is 6.62. The van der Waals surface area contributed by atoms with Crippen LogP contribution in [0.2, 0.25) is 5.02 Å². The number of nitrogens with one attached hydrogen (secondary N) is 1. The van der Waals surface area contributed by atoms with Crippen LogP contribution in [-0.2, 0) is 16.1 Å². The summed E-state index contributed by atoms with van der Waals surface area (Å²) in [5.41, 5.74) is 2.40. The standard InChI is InChI=1S/C24H19ClN4O5S/c1-15-8-9-17(11-19(15)25)26-22(30)14-28-23(31)21(35-24(28)32)12-18-6-4-10-27(18)13-16-5-2-3-7-20(16)29(33)34/h2-12H,13-14H2,1H3,(H,26,30)/b21-12+. The van der Waals surface area contributed by atoms with Crippen LogP contribution >= 0.6 is 23.4 Å². The predicted octanol–water partition coefficient (Wildman–Crippen LogP) is 5.08. The van der Waals surface area contributed by atoms with Gasteiger partial charge in [0, 0.05) is 34.2 Å². The van der Waals surface area contributed by atoms with E-state index in [0.29, 0.717) is 22.0 Å². The Morgan fingerprint density at radius 3 is 2.69 bits per heavy atom. The summed E-state index contributed by atoms with van der Waals surface area (Å²) in [5, 5.41) is 13.9. The molecule has 0 unspecified atom stereocenters. The lowest BCUT2D eigenvalue weighted by Crippen LogP contribution is -2.36. The second kappa shape index (κ2) is 10.2. The molecule has 1 saturated heterocycles. The number of aryl methyl sites for hydroxylation is 1. The number of hydrogen-bond acceptors (Lipinski definition) is 6. The Morgan fingerprint density at radius 1 is 1.17 bits per heavy atom. The fourth-order valence-corrected chi connectivity index (χ4v) is 4.50. The van der Waals surface area contributed by atoms with Crippen LogP contribution in [0.1, 0.15) is 16.8 Å². The van der Waals surface area contributed by atoms with Crippen molar-refractivity contribution in [2.75, 3.05) is 11.9 Å². The summed E-state index contributed by atoms with van der Waals surface area (Å²) in [6.07, 6.45) is 3.27. The lowest BCUT2D eigenvalue weighted by Gasteiger charge is -2.13. The first-order chi connectivity index (χ1) is 16.7. The van der Waals surface area contributed by atoms with Gasteiger partial charge in [0.25, 0.3) is 16.8 Å². The normalized spacial score (nSPS) is 14.6. The first kappa shape index (κ1) is 24.2. The molecule has 1 aliphatic heterocycles. The molecular formula is C24H19ClN4O5S. The van der Waals surface area contributed by atoms with E-state index < -0.39 is 28.5 Å². The van der Waals surface area contributed by atoms with Crippen molar-refractivity contribution in [1.29, 1.82) is 0 Å². The third-order valence-electron chi connectivity index (χ3n) is 5.30. The molecule has 1 aliphatic rings. The van der Waals surface area contributed by atoms with Crippen LogP contribution in [0.15, 0.2) is 65.7 Å². The molecule has 1 fully saturated rings. The molecule has 0 spiro atoms. The number of thioether (sulfide) groups is 1. The van der Waals surface area contributed by atoms with Crippen LogP contribution < -0.4 is 5.32 Å². The number of carbonyl (C=O) groups excluding carboxylic acids is 3. The number of benzene rings is 2. The van der Waals surface area contributed by atoms with E-state index in [-0.39, 0.29) is 17.1 Å². The van der Waals surface area contributed by atoms with E-state index in [4.69, 9.17) is 11.6 Å². The molecule has 4 rings (SSSR count). The largest absolute Gasteiger partial charge is 0.343 e. The maximum Gasteiger partial charge on any atom is 0.294 e. The molecular weight excluding hydrogens is 492 g/mol. The van der Waals surface area contributed by atoms with E-state index in [1.54, 1.807) is 59.3 Å². The number of hydrogen-bond donors (Lipinski definition) is 1. The highest BCUT2D eigenvalue weighted by molar-refractivity contribution is 8.18. The van der Waals surface area contributed by atoms with Gasteiger partial charge in [-0.15, -0.1) is 0 Å². The van der Waals surface area contributed by atoms with E-state index in [1.165, 1.54) is 12.1 Å². The van der Waals surface area contributed by atoms with Gasteiger partial charge >= 0.3 is 0 Å². The summed E-state index contributed by atoms with van der Waals surface area (Å²) in [6, 6.07) is 14.9. The number of amides is 3. The zero-order valence-electron chi connectivity index (χ0n) is 18.4. The molecule has 1 N–H and O–H groups in total. The van der Waals surface area contributed by atoms with Crippen LogP contribution in [0, 0.1) is 17.0 Å². The van der Waals surface area contributed by atoms with Crippen molar-refractivity contribution in [2.45, 2.75) is 13.5 Å². The summed E-state index contributed by atoms with van der Waals surface area (Å²) in [5.74, 6) is -1.12. The molecule has 11 heteroatoms. The van der Waals surface area contributed by atoms with Gasteiger partial charge in [-0.25, -0.2) is 0 Å². The number of aromatic nitrogens is 1. The van der Waals surface area contributed by atoms with Crippen molar-refractivity contribution < 1.29 is 19.3 Å². The van der Waals surface area contributed by atoms with Gasteiger partial charge in [0.05, 0.1) is 16.4 Å². The highest BCUT2D eigenvalue weighted by Crippen LogP contribution is 2.32. The number of imide groups is 1. The van der Waals surface area contributed by atoms with Gasteiger partial charge in [-0.2, -0.15) is 0 Å². The van der Waals surface area contributed by atoms with Gasteiger partial charge in [0.15, 0.2) is 0 Å². The number of halogens is 1. The molecule has 0 saturated carbocycles. The summed E-state index contributed by atoms with van der Waals surface area (Å²) in [6.45, 7) is 1.60. The van der Waals surface area contributed by atoms with Crippen molar-refractivity contribution in [2.24, 2.45) is 0 Å². The Morgan fingerprint density at radius 2 is 1.94 bits per heavy atom. The Hall–Kier alpha value is -3.89. The van der Waals surface area contributed by atoms with Crippen LogP contribution in [0.4, 0.5) is 16.2 Å². The molecule has 1 aromatic heterocycles. The lowest BCUT2D eigenvalue weighted by atomic mass is 10.2. The zero-order valence-corrected chi connectivity index (χ0v) is 20.0. The van der Waals surface area contributed by atoms with Crippen molar-refractivity contribution in [1.82, 2.24) is 9.47 Å². The summed E-state index contributed by atoms with van der Waals surface area (Å²) in [7, 11) is 0. The average molecular weight is 511 g/mol. The molecule has 3 aromatic rings. The smallest absolute Gasteiger partial charge is 0.294 e. The fraction of sp³-hybridized carbons (Fsp3) is 0.125. The van der Waals surface area contributed by atoms with Crippen molar-refractivity contribution >= 4 is 57.9 Å². The Balaban J connectivity index is 1.48. The Kier molecular flexibility index (Phi) is 7.04. The number of nitro benzene ring substituents is 1. The highest BCUT2D eigenvalue weighted by Gasteiger charge is 2.36. The highest BCUT2D eigenvalue weighted by atomic mass is 35.5. The minimum atomic E-state index is -0.587. The second-order valence-electron chi connectivity index (χ2n) is 7.73. The number of nitro groups is 1. The number of nitrogens with zero attached hydrogens (tertiary/aromatic N) is 3. The van der Waals surface area contributed by atoms with Crippen molar-refractivity contribution in [3.63, 3.8) is 0 Å². The molecule has 35 heavy (non-hydrogen) atoms. The fourth-order valence-electron chi connectivity index (χ4n) is 3.49. The number of rotatable bonds is 7. The van der Waals surface area contributed by atoms with Gasteiger partial charge in [0.2, 0.25) is 5.91 Å². The van der Waals surface area contributed by atoms with Gasteiger partial charge in [-0.1, -0.05) is 35.9 Å². The molecule has 3 amide bonds. The summed E-state index contributed by atoms with van der Waals surface area (Å²) < 4.78 is 1.74. The minimum absolute atomic E-state index is 0.00616. The third kappa shape index (κ3) is 5.44. The Labute approximate surface area is 209 Å². The number of anilines is 1. The summed E-state index contributed by atoms with van der Waals surface area (Å²) in [4.78, 5) is 49.6. The zero-order chi connectivity index (χ0) is 25.1. The second-order valence-corrected chi connectivity index (χ2v) is 9.13. The average Bonchev–Trinajstić information content (AvgIpc) is 3.35. The lowest BCUT2D eigenvalue weighted by molar-refractivity contribution is -0.385. The van der Waals surface area contributed by atoms with Crippen molar-refractivity contribution in [3.8, 4) is 0 Å². The molecule has 0 radical (unpaired) electrons. The van der Waals surface area contributed by atoms with Gasteiger partial charge in [-0.05, 0) is 54.6 Å². The Bertz CT molecular complexity index is 1380. The first-order valence-corrected chi connectivity index (χ1v) is 11.6. The monoisotopic (exact) mass is 510 g/mol. The molecule has 0 aliphatic carbocycles. The van der Waals surface area contributed by atoms with E-state index in [9.17, 15) is 24.5 Å².